The van der Waals surface area contributed by atoms with Gasteiger partial charge in [-0.3, -0.25) is 14.8 Å². The first kappa shape index (κ1) is 19.8. The predicted octanol–water partition coefficient (Wildman–Crippen LogP) is 3.95. The molecule has 0 bridgehead atoms. The zero-order valence-corrected chi connectivity index (χ0v) is 15.6. The van der Waals surface area contributed by atoms with Crippen LogP contribution in [0, 0.1) is 6.92 Å². The Morgan fingerprint density at radius 2 is 1.79 bits per heavy atom. The lowest BCUT2D eigenvalue weighted by molar-refractivity contribution is -0.124. The first-order valence-electron chi connectivity index (χ1n) is 8.79. The Bertz CT molecular complexity index is 1060. The number of nitrogens with zero attached hydrogens (tertiary/aromatic N) is 1. The van der Waals surface area contributed by atoms with E-state index in [1.54, 1.807) is 48.7 Å². The van der Waals surface area contributed by atoms with Crippen LogP contribution in [0.15, 0.2) is 72.9 Å². The molecule has 0 aliphatic carbocycles. The minimum absolute atomic E-state index is 0.187. The Kier molecular flexibility index (Phi) is 6.34. The summed E-state index contributed by atoms with van der Waals surface area (Å²) < 4.78 is 5.86. The molecule has 3 aromatic rings. The Labute approximate surface area is 167 Å². The number of hydrogen-bond donors (Lipinski definition) is 3. The maximum Gasteiger partial charge on any atom is 0.267 e. The second-order valence-electron chi connectivity index (χ2n) is 6.07. The van der Waals surface area contributed by atoms with Crippen LogP contribution in [0.2, 0.25) is 0 Å². The van der Waals surface area contributed by atoms with Crippen molar-refractivity contribution < 1.29 is 19.5 Å². The molecular weight excluding hydrogens is 370 g/mol. The lowest BCUT2D eigenvalue weighted by Crippen LogP contribution is -2.15. The molecule has 146 valence electrons. The van der Waals surface area contributed by atoms with Gasteiger partial charge in [-0.05, 0) is 48.4 Å². The van der Waals surface area contributed by atoms with Crippen molar-refractivity contribution in [2.24, 2.45) is 0 Å². The van der Waals surface area contributed by atoms with E-state index in [0.29, 0.717) is 17.0 Å². The minimum Gasteiger partial charge on any atom is -0.438 e. The van der Waals surface area contributed by atoms with Crippen LogP contribution in [0.1, 0.15) is 21.5 Å². The number of para-hydroxylation sites is 2. The van der Waals surface area contributed by atoms with Crippen molar-refractivity contribution >= 4 is 23.6 Å². The highest BCUT2D eigenvalue weighted by molar-refractivity contribution is 6.07. The molecule has 0 atom stereocenters. The summed E-state index contributed by atoms with van der Waals surface area (Å²) >= 11 is 0. The van der Waals surface area contributed by atoms with Gasteiger partial charge in [-0.25, -0.2) is 10.5 Å². The molecule has 2 aromatic carbocycles. The number of hydrogen-bond acceptors (Lipinski definition) is 5. The number of aromatic nitrogens is 1. The average molecular weight is 389 g/mol. The number of carbonyl (C=O) groups is 2. The second kappa shape index (κ2) is 9.29. The summed E-state index contributed by atoms with van der Waals surface area (Å²) in [5.74, 6) is -0.285. The number of benzene rings is 2. The van der Waals surface area contributed by atoms with Crippen molar-refractivity contribution in [2.45, 2.75) is 6.92 Å². The monoisotopic (exact) mass is 389 g/mol. The van der Waals surface area contributed by atoms with E-state index in [4.69, 9.17) is 9.94 Å². The molecule has 0 unspecified atom stereocenters. The van der Waals surface area contributed by atoms with E-state index in [-0.39, 0.29) is 11.4 Å². The van der Waals surface area contributed by atoms with Crippen molar-refractivity contribution in [1.82, 2.24) is 10.5 Å². The number of pyridine rings is 1. The number of rotatable bonds is 6. The molecule has 1 aromatic heterocycles. The number of nitrogens with one attached hydrogen (secondary N) is 2. The SMILES string of the molecule is Cc1ccccc1Oc1ncccc1C(=O)Nc1ccccc1C=CC(=O)NO. The molecule has 0 spiro atoms. The Morgan fingerprint density at radius 1 is 1.03 bits per heavy atom. The van der Waals surface area contributed by atoms with E-state index < -0.39 is 11.8 Å². The van der Waals surface area contributed by atoms with E-state index in [1.807, 2.05) is 25.1 Å². The van der Waals surface area contributed by atoms with Crippen LogP contribution in [0.5, 0.6) is 11.6 Å². The van der Waals surface area contributed by atoms with Gasteiger partial charge in [-0.2, -0.15) is 0 Å². The first-order valence-corrected chi connectivity index (χ1v) is 8.79. The van der Waals surface area contributed by atoms with Gasteiger partial charge in [-0.15, -0.1) is 0 Å². The summed E-state index contributed by atoms with van der Waals surface area (Å²) in [6.07, 6.45) is 4.19. The van der Waals surface area contributed by atoms with E-state index in [0.717, 1.165) is 11.6 Å². The predicted molar refractivity (Wildman–Crippen MR) is 109 cm³/mol. The number of amides is 2. The molecular formula is C22H19N3O4. The van der Waals surface area contributed by atoms with Gasteiger partial charge in [-0.1, -0.05) is 36.4 Å². The zero-order valence-electron chi connectivity index (χ0n) is 15.6. The van der Waals surface area contributed by atoms with Gasteiger partial charge in [0.05, 0.1) is 0 Å². The van der Waals surface area contributed by atoms with Crippen molar-refractivity contribution in [1.29, 1.82) is 0 Å². The van der Waals surface area contributed by atoms with Crippen LogP contribution < -0.4 is 15.5 Å². The summed E-state index contributed by atoms with van der Waals surface area (Å²) in [4.78, 5) is 28.3. The van der Waals surface area contributed by atoms with Gasteiger partial charge in [0.2, 0.25) is 5.88 Å². The molecule has 7 heteroatoms. The number of anilines is 1. The lowest BCUT2D eigenvalue weighted by Gasteiger charge is -2.13. The molecule has 29 heavy (non-hydrogen) atoms. The summed E-state index contributed by atoms with van der Waals surface area (Å²) in [5.41, 5.74) is 3.79. The summed E-state index contributed by atoms with van der Waals surface area (Å²) in [6.45, 7) is 1.91. The Hall–Kier alpha value is -3.97. The molecule has 0 fully saturated rings. The van der Waals surface area contributed by atoms with Gasteiger partial charge >= 0.3 is 0 Å². The quantitative estimate of drug-likeness (QED) is 0.337. The fourth-order valence-electron chi connectivity index (χ4n) is 2.57. The fourth-order valence-corrected chi connectivity index (χ4v) is 2.57. The molecule has 7 nitrogen and oxygen atoms in total. The van der Waals surface area contributed by atoms with Crippen molar-refractivity contribution in [3.8, 4) is 11.6 Å². The van der Waals surface area contributed by atoms with E-state index >= 15 is 0 Å². The Balaban J connectivity index is 1.85. The molecule has 3 rings (SSSR count). The van der Waals surface area contributed by atoms with Crippen molar-refractivity contribution in [3.63, 3.8) is 0 Å². The highest BCUT2D eigenvalue weighted by Gasteiger charge is 2.16. The largest absolute Gasteiger partial charge is 0.438 e. The summed E-state index contributed by atoms with van der Waals surface area (Å²) in [6, 6.07) is 17.7. The van der Waals surface area contributed by atoms with Gasteiger partial charge < -0.3 is 10.1 Å². The van der Waals surface area contributed by atoms with Crippen LogP contribution >= 0.6 is 0 Å². The molecule has 0 radical (unpaired) electrons. The number of aryl methyl sites for hydroxylation is 1. The highest BCUT2D eigenvalue weighted by Crippen LogP contribution is 2.27. The number of ether oxygens (including phenoxy) is 1. The third kappa shape index (κ3) is 5.06. The topological polar surface area (TPSA) is 101 Å². The molecule has 0 saturated heterocycles. The highest BCUT2D eigenvalue weighted by atomic mass is 16.5. The normalized spacial score (nSPS) is 10.6. The zero-order chi connectivity index (χ0) is 20.6. The van der Waals surface area contributed by atoms with Crippen molar-refractivity contribution in [3.05, 3.63) is 89.6 Å². The molecule has 1 heterocycles. The van der Waals surface area contributed by atoms with Crippen LogP contribution in [0.3, 0.4) is 0 Å². The summed E-state index contributed by atoms with van der Waals surface area (Å²) in [5, 5.41) is 11.4. The van der Waals surface area contributed by atoms with E-state index in [2.05, 4.69) is 10.3 Å². The van der Waals surface area contributed by atoms with Crippen molar-refractivity contribution in [2.75, 3.05) is 5.32 Å². The standard InChI is InChI=1S/C22H19N3O4/c1-15-7-2-5-11-19(15)29-22-17(9-6-14-23-22)21(27)24-18-10-4-3-8-16(18)12-13-20(26)25-28/h2-14,28H,1H3,(H,24,27)(H,25,26). The second-order valence-corrected chi connectivity index (χ2v) is 6.07. The molecule has 0 saturated carbocycles. The van der Waals surface area contributed by atoms with Crippen LogP contribution in [0.25, 0.3) is 6.08 Å². The van der Waals surface area contributed by atoms with Crippen LogP contribution in [0.4, 0.5) is 5.69 Å². The third-order valence-corrected chi connectivity index (χ3v) is 4.05. The molecule has 3 N–H and O–H groups in total. The third-order valence-electron chi connectivity index (χ3n) is 4.05. The molecule has 0 aliphatic heterocycles. The lowest BCUT2D eigenvalue weighted by atomic mass is 10.1. The van der Waals surface area contributed by atoms with E-state index in [9.17, 15) is 9.59 Å². The molecule has 0 aliphatic rings. The maximum absolute atomic E-state index is 12.9. The Morgan fingerprint density at radius 3 is 2.59 bits per heavy atom. The number of carbonyl (C=O) groups excluding carboxylic acids is 2. The van der Waals surface area contributed by atoms with Gasteiger partial charge in [0, 0.05) is 18.0 Å². The van der Waals surface area contributed by atoms with Gasteiger partial charge in [0.15, 0.2) is 0 Å². The van der Waals surface area contributed by atoms with Gasteiger partial charge in [0.25, 0.3) is 11.8 Å². The summed E-state index contributed by atoms with van der Waals surface area (Å²) in [7, 11) is 0. The smallest absolute Gasteiger partial charge is 0.267 e. The van der Waals surface area contributed by atoms with Crippen LogP contribution in [-0.4, -0.2) is 22.0 Å². The molecule has 2 amide bonds. The van der Waals surface area contributed by atoms with E-state index in [1.165, 1.54) is 11.6 Å². The fraction of sp³-hybridized carbons (Fsp3) is 0.0455. The number of hydroxylamine groups is 1. The average Bonchev–Trinajstić information content (AvgIpc) is 2.74. The van der Waals surface area contributed by atoms with Crippen LogP contribution in [-0.2, 0) is 4.79 Å². The van der Waals surface area contributed by atoms with Gasteiger partial charge in [0.1, 0.15) is 11.3 Å². The first-order chi connectivity index (χ1) is 14.1. The minimum atomic E-state index is -0.674. The maximum atomic E-state index is 12.9.